The fraction of sp³-hybridized carbons (Fsp3) is 0.333. The Bertz CT molecular complexity index is 647. The van der Waals surface area contributed by atoms with Crippen molar-refractivity contribution in [3.63, 3.8) is 0 Å². The summed E-state index contributed by atoms with van der Waals surface area (Å²) in [4.78, 5) is 15.8. The lowest BCUT2D eigenvalue weighted by Crippen LogP contribution is -2.30. The third kappa shape index (κ3) is 5.46. The number of pyridine rings is 1. The smallest absolute Gasteiger partial charge is 0.320 e. The number of nitrogens with one attached hydrogen (secondary N) is 2. The van der Waals surface area contributed by atoms with Gasteiger partial charge in [-0.3, -0.25) is 5.32 Å². The van der Waals surface area contributed by atoms with Gasteiger partial charge < -0.3 is 14.8 Å². The van der Waals surface area contributed by atoms with Gasteiger partial charge in [0.25, 0.3) is 0 Å². The van der Waals surface area contributed by atoms with Crippen molar-refractivity contribution in [2.45, 2.75) is 20.3 Å². The van der Waals surface area contributed by atoms with Crippen molar-refractivity contribution in [3.8, 4) is 11.5 Å². The molecule has 0 aliphatic heterocycles. The first-order valence-corrected chi connectivity index (χ1v) is 8.07. The minimum Gasteiger partial charge on any atom is -0.490 e. The van der Waals surface area contributed by atoms with Crippen LogP contribution in [0.2, 0.25) is 0 Å². The molecular formula is C18H23N3O3. The van der Waals surface area contributed by atoms with Crippen molar-refractivity contribution in [3.05, 3.63) is 48.2 Å². The Balaban J connectivity index is 1.85. The molecule has 6 nitrogen and oxygen atoms in total. The highest BCUT2D eigenvalue weighted by Crippen LogP contribution is 2.28. The molecule has 0 aliphatic rings. The number of rotatable bonds is 8. The van der Waals surface area contributed by atoms with Crippen molar-refractivity contribution >= 4 is 11.8 Å². The molecule has 2 aromatic rings. The second-order valence-electron chi connectivity index (χ2n) is 4.99. The number of urea groups is 1. The van der Waals surface area contributed by atoms with Gasteiger partial charge in [-0.25, -0.2) is 9.78 Å². The molecule has 6 heteroatoms. The summed E-state index contributed by atoms with van der Waals surface area (Å²) in [6.07, 6.45) is 2.33. The van der Waals surface area contributed by atoms with Gasteiger partial charge in [0.05, 0.1) is 13.2 Å². The molecule has 24 heavy (non-hydrogen) atoms. The van der Waals surface area contributed by atoms with Gasteiger partial charge in [-0.1, -0.05) is 12.1 Å². The summed E-state index contributed by atoms with van der Waals surface area (Å²) in [7, 11) is 0. The van der Waals surface area contributed by atoms with Crippen LogP contribution in [0.5, 0.6) is 11.5 Å². The lowest BCUT2D eigenvalue weighted by atomic mass is 10.1. The first kappa shape index (κ1) is 17.6. The molecule has 1 aromatic heterocycles. The minimum absolute atomic E-state index is 0.273. The number of nitrogens with zero attached hydrogens (tertiary/aromatic N) is 1. The van der Waals surface area contributed by atoms with E-state index in [0.717, 1.165) is 17.1 Å². The topological polar surface area (TPSA) is 72.5 Å². The molecule has 0 spiro atoms. The largest absolute Gasteiger partial charge is 0.490 e. The Kier molecular flexibility index (Phi) is 6.89. The summed E-state index contributed by atoms with van der Waals surface area (Å²) >= 11 is 0. The highest BCUT2D eigenvalue weighted by molar-refractivity contribution is 5.88. The van der Waals surface area contributed by atoms with Gasteiger partial charge in [-0.15, -0.1) is 0 Å². The fourth-order valence-corrected chi connectivity index (χ4v) is 2.17. The van der Waals surface area contributed by atoms with E-state index < -0.39 is 0 Å². The number of amides is 2. The molecule has 0 atom stereocenters. The summed E-state index contributed by atoms with van der Waals surface area (Å²) in [5, 5.41) is 5.49. The number of benzene rings is 1. The number of carbonyl (C=O) groups is 1. The first-order valence-electron chi connectivity index (χ1n) is 8.07. The summed E-state index contributed by atoms with van der Waals surface area (Å²) < 4.78 is 11.1. The Morgan fingerprint density at radius 3 is 2.58 bits per heavy atom. The third-order valence-electron chi connectivity index (χ3n) is 3.21. The Labute approximate surface area is 142 Å². The predicted octanol–water partition coefficient (Wildman–Crippen LogP) is 3.24. The molecule has 128 valence electrons. The Morgan fingerprint density at radius 1 is 1.08 bits per heavy atom. The van der Waals surface area contributed by atoms with Crippen molar-refractivity contribution in [1.82, 2.24) is 10.3 Å². The van der Waals surface area contributed by atoms with E-state index in [0.29, 0.717) is 32.0 Å². The van der Waals surface area contributed by atoms with Crippen LogP contribution in [0.3, 0.4) is 0 Å². The maximum absolute atomic E-state index is 11.8. The number of aromatic nitrogens is 1. The van der Waals surface area contributed by atoms with E-state index in [-0.39, 0.29) is 6.03 Å². The maximum atomic E-state index is 11.8. The predicted molar refractivity (Wildman–Crippen MR) is 93.7 cm³/mol. The van der Waals surface area contributed by atoms with Crippen molar-refractivity contribution < 1.29 is 14.3 Å². The quantitative estimate of drug-likeness (QED) is 0.780. The average Bonchev–Trinajstić information content (AvgIpc) is 2.58. The zero-order valence-electron chi connectivity index (χ0n) is 14.0. The number of anilines is 1. The molecule has 1 aromatic carbocycles. The van der Waals surface area contributed by atoms with Crippen LogP contribution in [0.4, 0.5) is 10.6 Å². The normalized spacial score (nSPS) is 10.1. The van der Waals surface area contributed by atoms with Gasteiger partial charge in [0, 0.05) is 12.7 Å². The second kappa shape index (κ2) is 9.39. The van der Waals surface area contributed by atoms with Crippen LogP contribution in [0.1, 0.15) is 19.4 Å². The number of carbonyl (C=O) groups excluding carboxylic acids is 1. The molecular weight excluding hydrogens is 306 g/mol. The molecule has 0 aliphatic carbocycles. The van der Waals surface area contributed by atoms with E-state index in [2.05, 4.69) is 15.6 Å². The Hall–Kier alpha value is -2.76. The minimum atomic E-state index is -0.273. The molecule has 0 saturated heterocycles. The molecule has 1 heterocycles. The van der Waals surface area contributed by atoms with Crippen LogP contribution in [0.25, 0.3) is 0 Å². The third-order valence-corrected chi connectivity index (χ3v) is 3.21. The van der Waals surface area contributed by atoms with Gasteiger partial charge in [0.2, 0.25) is 0 Å². The molecule has 0 fully saturated rings. The van der Waals surface area contributed by atoms with Gasteiger partial charge in [0.1, 0.15) is 5.82 Å². The molecule has 2 amide bonds. The first-order chi connectivity index (χ1) is 11.7. The van der Waals surface area contributed by atoms with Gasteiger partial charge >= 0.3 is 6.03 Å². The summed E-state index contributed by atoms with van der Waals surface area (Å²) in [6, 6.07) is 10.9. The van der Waals surface area contributed by atoms with Crippen molar-refractivity contribution in [2.24, 2.45) is 0 Å². The summed E-state index contributed by atoms with van der Waals surface area (Å²) in [5.41, 5.74) is 1.07. The van der Waals surface area contributed by atoms with Crippen molar-refractivity contribution in [1.29, 1.82) is 0 Å². The zero-order chi connectivity index (χ0) is 17.2. The van der Waals surface area contributed by atoms with E-state index in [9.17, 15) is 4.79 Å². The van der Waals surface area contributed by atoms with E-state index >= 15 is 0 Å². The molecule has 2 N–H and O–H groups in total. The van der Waals surface area contributed by atoms with Crippen LogP contribution in [-0.2, 0) is 6.42 Å². The molecule has 0 bridgehead atoms. The van der Waals surface area contributed by atoms with Crippen LogP contribution >= 0.6 is 0 Å². The van der Waals surface area contributed by atoms with E-state index in [1.165, 1.54) is 0 Å². The van der Waals surface area contributed by atoms with Crippen LogP contribution in [0.15, 0.2) is 42.6 Å². The van der Waals surface area contributed by atoms with Crippen molar-refractivity contribution in [2.75, 3.05) is 25.1 Å². The van der Waals surface area contributed by atoms with Gasteiger partial charge in [0.15, 0.2) is 11.5 Å². The SMILES string of the molecule is CCOc1ccc(CCNC(=O)Nc2ccccn2)cc1OCC. The van der Waals surface area contributed by atoms with E-state index in [1.54, 1.807) is 18.3 Å². The number of hydrogen-bond donors (Lipinski definition) is 2. The highest BCUT2D eigenvalue weighted by atomic mass is 16.5. The average molecular weight is 329 g/mol. The van der Waals surface area contributed by atoms with Crippen LogP contribution < -0.4 is 20.1 Å². The molecule has 0 saturated carbocycles. The lowest BCUT2D eigenvalue weighted by Gasteiger charge is -2.12. The van der Waals surface area contributed by atoms with Gasteiger partial charge in [-0.2, -0.15) is 0 Å². The maximum Gasteiger partial charge on any atom is 0.320 e. The van der Waals surface area contributed by atoms with Crippen LogP contribution in [-0.4, -0.2) is 30.8 Å². The fourth-order valence-electron chi connectivity index (χ4n) is 2.17. The number of ether oxygens (including phenoxy) is 2. The lowest BCUT2D eigenvalue weighted by molar-refractivity contribution is 0.252. The van der Waals surface area contributed by atoms with E-state index in [1.807, 2.05) is 38.1 Å². The van der Waals surface area contributed by atoms with E-state index in [4.69, 9.17) is 9.47 Å². The zero-order valence-corrected chi connectivity index (χ0v) is 14.0. The molecule has 0 unspecified atom stereocenters. The molecule has 2 rings (SSSR count). The molecule has 0 radical (unpaired) electrons. The second-order valence-corrected chi connectivity index (χ2v) is 4.99. The van der Waals surface area contributed by atoms with Crippen LogP contribution in [0, 0.1) is 0 Å². The summed E-state index contributed by atoms with van der Waals surface area (Å²) in [6.45, 7) is 5.56. The highest BCUT2D eigenvalue weighted by Gasteiger charge is 2.07. The standard InChI is InChI=1S/C18H23N3O3/c1-3-23-15-9-8-14(13-16(15)24-4-2)10-12-20-18(22)21-17-7-5-6-11-19-17/h5-9,11,13H,3-4,10,12H2,1-2H3,(H2,19,20,21,22). The Morgan fingerprint density at radius 2 is 1.88 bits per heavy atom. The summed E-state index contributed by atoms with van der Waals surface area (Å²) in [5.74, 6) is 1.99. The number of hydrogen-bond acceptors (Lipinski definition) is 4. The van der Waals surface area contributed by atoms with Gasteiger partial charge in [-0.05, 0) is 50.1 Å². The monoisotopic (exact) mass is 329 g/mol.